The van der Waals surface area contributed by atoms with Crippen LogP contribution in [0.4, 0.5) is 26.9 Å². The Balaban J connectivity index is 5.15. The van der Waals surface area contributed by atoms with Gasteiger partial charge in [-0.1, -0.05) is 0 Å². The molecule has 0 aliphatic carbocycles. The fourth-order valence-corrected chi connectivity index (χ4v) is 1.02. The lowest BCUT2D eigenvalue weighted by atomic mass is 10.0. The van der Waals surface area contributed by atoms with E-state index < -0.39 is 47.2 Å². The molecule has 0 aromatic heterocycles. The topological polar surface area (TPSA) is 36.0 Å². The molecule has 11 heteroatoms. The fraction of sp³-hybridized carbons (Fsp3) is 0.833. The summed E-state index contributed by atoms with van der Waals surface area (Å²) in [6, 6.07) is 0. The number of esters is 1. The van der Waals surface area contributed by atoms with Gasteiger partial charge in [0, 0.05) is 16.0 Å². The first-order chi connectivity index (χ1) is 7.76. The Kier molecular flexibility index (Phi) is 6.20. The predicted molar refractivity (Wildman–Crippen MR) is 41.3 cm³/mol. The number of hydrogen-bond donors (Lipinski definition) is 0. The first-order valence-electron chi connectivity index (χ1n) is 4.23. The van der Waals surface area contributed by atoms with Crippen molar-refractivity contribution in [3.63, 3.8) is 0 Å². The summed E-state index contributed by atoms with van der Waals surface area (Å²) in [6.45, 7) is -3.05. The fourth-order valence-electron chi connectivity index (χ4n) is 1.02. The molecule has 0 rings (SSSR count). The molecule has 0 N–H and O–H groups in total. The highest BCUT2D eigenvalue weighted by Gasteiger charge is 2.52. The van der Waals surface area contributed by atoms with Crippen LogP contribution in [-0.2, 0) is 9.53 Å². The van der Waals surface area contributed by atoms with Crippen LogP contribution in [0, 0.1) is 0 Å². The summed E-state index contributed by atoms with van der Waals surface area (Å²) in [5.74, 6) is -1.87. The van der Waals surface area contributed by atoms with Gasteiger partial charge in [-0.2, -0.15) is 0 Å². The second-order valence-corrected chi connectivity index (χ2v) is 2.91. The number of halogens is 6. The van der Waals surface area contributed by atoms with Crippen molar-refractivity contribution >= 4 is 5.97 Å². The average molecular weight is 269 g/mol. The van der Waals surface area contributed by atoms with Crippen molar-refractivity contribution < 1.29 is 36.4 Å². The van der Waals surface area contributed by atoms with Gasteiger partial charge in [0.05, 0.1) is 19.7 Å². The second kappa shape index (κ2) is 6.61. The van der Waals surface area contributed by atoms with Crippen molar-refractivity contribution in [3.05, 3.63) is 0 Å². The Morgan fingerprint density at radius 3 is 1.71 bits per heavy atom. The molecule has 102 valence electrons. The van der Waals surface area contributed by atoms with E-state index in [9.17, 15) is 31.7 Å². The van der Waals surface area contributed by atoms with Crippen molar-refractivity contribution in [2.45, 2.75) is 12.5 Å². The predicted octanol–water partition coefficient (Wildman–Crippen LogP) is 1.50. The van der Waals surface area contributed by atoms with E-state index in [1.807, 2.05) is 0 Å². The number of nitrogens with zero attached hydrogens (tertiary/aromatic N) is 3. The van der Waals surface area contributed by atoms with Crippen LogP contribution in [-0.4, -0.2) is 47.2 Å². The molecule has 0 radical (unpaired) electrons. The molecule has 0 aliphatic heterocycles. The minimum Gasteiger partial charge on any atom is -0.464 e. The quantitative estimate of drug-likeness (QED) is 0.397. The first-order valence-corrected chi connectivity index (χ1v) is 4.23. The summed E-state index contributed by atoms with van der Waals surface area (Å²) in [5, 5.41) is -5.61. The monoisotopic (exact) mass is 269 g/mol. The SMILES string of the molecule is CCOC(=O)C(CN(F)F)(CN(F)F)N(F)F. The maximum Gasteiger partial charge on any atom is 0.335 e. The van der Waals surface area contributed by atoms with E-state index in [0.717, 1.165) is 0 Å². The largest absolute Gasteiger partial charge is 0.464 e. The Hall–Kier alpha value is -1.07. The number of rotatable bonds is 7. The zero-order chi connectivity index (χ0) is 13.6. The lowest BCUT2D eigenvalue weighted by molar-refractivity contribution is -0.293. The van der Waals surface area contributed by atoms with Crippen molar-refractivity contribution in [2.24, 2.45) is 0 Å². The van der Waals surface area contributed by atoms with Crippen LogP contribution in [0.25, 0.3) is 0 Å². The molecule has 0 aromatic rings. The Morgan fingerprint density at radius 2 is 1.47 bits per heavy atom. The van der Waals surface area contributed by atoms with E-state index in [0.29, 0.717) is 0 Å². The van der Waals surface area contributed by atoms with Gasteiger partial charge >= 0.3 is 5.97 Å². The normalized spacial score (nSPS) is 12.6. The van der Waals surface area contributed by atoms with Crippen molar-refractivity contribution in [1.29, 1.82) is 0 Å². The molecule has 0 aliphatic rings. The Morgan fingerprint density at radius 1 is 1.06 bits per heavy atom. The summed E-state index contributed by atoms with van der Waals surface area (Å²) in [5.41, 5.74) is -3.46. The Bertz CT molecular complexity index is 242. The summed E-state index contributed by atoms with van der Waals surface area (Å²) < 4.78 is 76.8. The van der Waals surface area contributed by atoms with Crippen LogP contribution in [0.3, 0.4) is 0 Å². The third-order valence-corrected chi connectivity index (χ3v) is 1.74. The highest BCUT2D eigenvalue weighted by molar-refractivity contribution is 5.81. The molecular weight excluding hydrogens is 260 g/mol. The molecule has 0 saturated heterocycles. The van der Waals surface area contributed by atoms with Gasteiger partial charge in [-0.25, -0.2) is 4.79 Å². The molecule has 0 aromatic carbocycles. The van der Waals surface area contributed by atoms with Crippen LogP contribution >= 0.6 is 0 Å². The highest BCUT2D eigenvalue weighted by atomic mass is 19.4. The summed E-state index contributed by atoms with van der Waals surface area (Å²) in [6.07, 6.45) is 0. The Labute approximate surface area is 91.7 Å². The van der Waals surface area contributed by atoms with Gasteiger partial charge in [0.1, 0.15) is 0 Å². The lowest BCUT2D eigenvalue weighted by Crippen LogP contribution is -2.59. The van der Waals surface area contributed by atoms with E-state index in [1.165, 1.54) is 6.92 Å². The molecule has 17 heavy (non-hydrogen) atoms. The van der Waals surface area contributed by atoms with Crippen LogP contribution < -0.4 is 0 Å². The maximum atomic E-state index is 12.5. The van der Waals surface area contributed by atoms with Gasteiger partial charge in [-0.05, 0) is 6.92 Å². The molecule has 0 spiro atoms. The van der Waals surface area contributed by atoms with Crippen LogP contribution in [0.2, 0.25) is 0 Å². The van der Waals surface area contributed by atoms with Crippen LogP contribution in [0.15, 0.2) is 0 Å². The van der Waals surface area contributed by atoms with Gasteiger partial charge in [0.15, 0.2) is 0 Å². The van der Waals surface area contributed by atoms with Gasteiger partial charge in [0.25, 0.3) is 0 Å². The van der Waals surface area contributed by atoms with Gasteiger partial charge in [0.2, 0.25) is 5.54 Å². The standard InChI is InChI=1S/C6H9F6N3O2/c1-2-17-5(16)6(15(11)12,3-13(7)8)4-14(9)10/h2-4H2,1H3. The molecular formula is C6H9F6N3O2. The molecule has 0 saturated carbocycles. The second-order valence-electron chi connectivity index (χ2n) is 2.91. The third-order valence-electron chi connectivity index (χ3n) is 1.74. The van der Waals surface area contributed by atoms with Gasteiger partial charge < -0.3 is 4.74 Å². The zero-order valence-corrected chi connectivity index (χ0v) is 8.55. The molecule has 0 bridgehead atoms. The zero-order valence-electron chi connectivity index (χ0n) is 8.55. The van der Waals surface area contributed by atoms with Gasteiger partial charge in [-0.15, -0.1) is 26.9 Å². The molecule has 5 nitrogen and oxygen atoms in total. The van der Waals surface area contributed by atoms with Crippen molar-refractivity contribution in [2.75, 3.05) is 19.7 Å². The number of carbonyl (C=O) groups excluding carboxylic acids is 1. The molecule has 0 fully saturated rings. The molecule has 0 amide bonds. The molecule has 0 atom stereocenters. The van der Waals surface area contributed by atoms with Crippen molar-refractivity contribution in [1.82, 2.24) is 16.0 Å². The van der Waals surface area contributed by atoms with E-state index in [1.54, 1.807) is 0 Å². The van der Waals surface area contributed by atoms with E-state index in [2.05, 4.69) is 4.74 Å². The highest BCUT2D eigenvalue weighted by Crippen LogP contribution is 2.23. The minimum absolute atomic E-state index is 0.411. The van der Waals surface area contributed by atoms with E-state index in [-0.39, 0.29) is 0 Å². The van der Waals surface area contributed by atoms with E-state index in [4.69, 9.17) is 0 Å². The molecule has 0 heterocycles. The average Bonchev–Trinajstić information content (AvgIpc) is 2.14. The number of carbonyl (C=O) groups is 1. The van der Waals surface area contributed by atoms with Gasteiger partial charge in [-0.3, -0.25) is 0 Å². The summed E-state index contributed by atoms with van der Waals surface area (Å²) in [7, 11) is 0. The maximum absolute atomic E-state index is 12.5. The molecule has 0 unspecified atom stereocenters. The van der Waals surface area contributed by atoms with Crippen LogP contribution in [0.1, 0.15) is 6.92 Å². The lowest BCUT2D eigenvalue weighted by Gasteiger charge is -2.29. The minimum atomic E-state index is -3.46. The van der Waals surface area contributed by atoms with E-state index >= 15 is 0 Å². The summed E-state index contributed by atoms with van der Waals surface area (Å²) >= 11 is 0. The summed E-state index contributed by atoms with van der Waals surface area (Å²) in [4.78, 5) is 11.1. The van der Waals surface area contributed by atoms with Crippen molar-refractivity contribution in [3.8, 4) is 0 Å². The number of hydrogen-bond acceptors (Lipinski definition) is 5. The smallest absolute Gasteiger partial charge is 0.335 e. The van der Waals surface area contributed by atoms with Crippen LogP contribution in [0.5, 0.6) is 0 Å². The third kappa shape index (κ3) is 4.36. The number of ether oxygens (including phenoxy) is 1. The first kappa shape index (κ1) is 15.9.